The van der Waals surface area contributed by atoms with E-state index < -0.39 is 0 Å². The van der Waals surface area contributed by atoms with Gasteiger partial charge in [0, 0.05) is 13.0 Å². The third-order valence-electron chi connectivity index (χ3n) is 1.74. The molecule has 0 aromatic carbocycles. The van der Waals surface area contributed by atoms with Crippen LogP contribution in [0.4, 0.5) is 10.3 Å². The summed E-state index contributed by atoms with van der Waals surface area (Å²) in [7, 11) is 0. The molecule has 7 heteroatoms. The van der Waals surface area contributed by atoms with E-state index in [0.29, 0.717) is 23.2 Å². The second kappa shape index (κ2) is 3.12. The van der Waals surface area contributed by atoms with Crippen LogP contribution in [0.1, 0.15) is 6.42 Å². The maximum atomic E-state index is 11.3. The molecule has 1 unspecified atom stereocenters. The van der Waals surface area contributed by atoms with Crippen LogP contribution < -0.4 is 10.6 Å². The van der Waals surface area contributed by atoms with Crippen molar-refractivity contribution < 1.29 is 4.79 Å². The van der Waals surface area contributed by atoms with Gasteiger partial charge in [0.1, 0.15) is 0 Å². The number of alkyl halides is 1. The molecule has 0 spiro atoms. The van der Waals surface area contributed by atoms with Gasteiger partial charge in [-0.2, -0.15) is 0 Å². The summed E-state index contributed by atoms with van der Waals surface area (Å²) in [6.07, 6.45) is 0.362. The molecule has 1 amide bonds. The number of nitrogens with two attached hydrogens (primary N) is 1. The van der Waals surface area contributed by atoms with Crippen LogP contribution in [-0.2, 0) is 4.79 Å². The molecule has 1 aromatic heterocycles. The second-order valence-corrected chi connectivity index (χ2v) is 4.33. The molecule has 0 radical (unpaired) electrons. The summed E-state index contributed by atoms with van der Waals surface area (Å²) in [4.78, 5) is 12.9. The zero-order valence-corrected chi connectivity index (χ0v) is 8.18. The van der Waals surface area contributed by atoms with Gasteiger partial charge in [0.15, 0.2) is 0 Å². The van der Waals surface area contributed by atoms with Gasteiger partial charge in [-0.25, -0.2) is 0 Å². The fourth-order valence-electron chi connectivity index (χ4n) is 1.18. The molecule has 0 aliphatic carbocycles. The molecule has 1 atom stereocenters. The van der Waals surface area contributed by atoms with Gasteiger partial charge in [-0.05, 0) is 0 Å². The van der Waals surface area contributed by atoms with E-state index in [-0.39, 0.29) is 11.3 Å². The predicted molar refractivity (Wildman–Crippen MR) is 50.9 cm³/mol. The molecule has 1 aliphatic heterocycles. The number of rotatable bonds is 1. The minimum Gasteiger partial charge on any atom is -0.374 e. The van der Waals surface area contributed by atoms with Crippen LogP contribution in [0.15, 0.2) is 0 Å². The smallest absolute Gasteiger partial charge is 0.230 e. The Kier molecular flexibility index (Phi) is 2.09. The molecule has 1 aromatic rings. The summed E-state index contributed by atoms with van der Waals surface area (Å²) in [5.74, 6) is -0.0175. The average molecular weight is 219 g/mol. The molecule has 2 N–H and O–H groups in total. The number of aromatic nitrogens is 2. The van der Waals surface area contributed by atoms with E-state index in [1.165, 1.54) is 16.2 Å². The Morgan fingerprint density at radius 1 is 1.62 bits per heavy atom. The second-order valence-electron chi connectivity index (χ2n) is 2.73. The molecule has 1 aliphatic rings. The minimum atomic E-state index is -0.127. The molecule has 0 bridgehead atoms. The normalized spacial score (nSPS) is 22.7. The number of nitrogen functional groups attached to an aromatic ring is 1. The van der Waals surface area contributed by atoms with E-state index in [1.807, 2.05) is 0 Å². The van der Waals surface area contributed by atoms with Gasteiger partial charge in [0.25, 0.3) is 0 Å². The van der Waals surface area contributed by atoms with Crippen LogP contribution in [0, 0.1) is 0 Å². The van der Waals surface area contributed by atoms with E-state index >= 15 is 0 Å². The van der Waals surface area contributed by atoms with Gasteiger partial charge in [0.2, 0.25) is 16.2 Å². The first-order valence-corrected chi connectivity index (χ1v) is 4.95. The average Bonchev–Trinajstić information content (AvgIpc) is 2.58. The van der Waals surface area contributed by atoms with Crippen molar-refractivity contribution in [1.82, 2.24) is 10.2 Å². The van der Waals surface area contributed by atoms with Crippen molar-refractivity contribution in [3.05, 3.63) is 0 Å². The summed E-state index contributed by atoms with van der Waals surface area (Å²) in [6.45, 7) is 0.495. The molecule has 5 nitrogen and oxygen atoms in total. The van der Waals surface area contributed by atoms with Gasteiger partial charge in [0.05, 0.1) is 5.38 Å². The number of hydrogen-bond donors (Lipinski definition) is 1. The van der Waals surface area contributed by atoms with E-state index in [1.54, 1.807) is 0 Å². The molecule has 2 heterocycles. The lowest BCUT2D eigenvalue weighted by molar-refractivity contribution is -0.117. The highest BCUT2D eigenvalue weighted by Crippen LogP contribution is 2.27. The van der Waals surface area contributed by atoms with E-state index in [4.69, 9.17) is 17.3 Å². The molecular formula is C6H7ClN4OS. The lowest BCUT2D eigenvalue weighted by Crippen LogP contribution is -2.24. The summed E-state index contributed by atoms with van der Waals surface area (Å²) in [5.41, 5.74) is 5.40. The Morgan fingerprint density at radius 2 is 2.38 bits per heavy atom. The molecule has 13 heavy (non-hydrogen) atoms. The molecule has 2 rings (SSSR count). The monoisotopic (exact) mass is 218 g/mol. The highest BCUT2D eigenvalue weighted by Gasteiger charge is 2.31. The standard InChI is InChI=1S/C6H7ClN4OS/c7-3-1-4(12)11(2-3)6-10-9-5(8)13-6/h3H,1-2H2,(H2,8,9). The van der Waals surface area contributed by atoms with Crippen molar-refractivity contribution in [1.29, 1.82) is 0 Å². The van der Waals surface area contributed by atoms with Crippen LogP contribution in [0.25, 0.3) is 0 Å². The molecule has 1 saturated heterocycles. The lowest BCUT2D eigenvalue weighted by Gasteiger charge is -2.09. The number of halogens is 1. The summed E-state index contributed by atoms with van der Waals surface area (Å²) < 4.78 is 0. The first-order chi connectivity index (χ1) is 6.16. The van der Waals surface area contributed by atoms with Gasteiger partial charge in [-0.1, -0.05) is 11.3 Å². The van der Waals surface area contributed by atoms with Gasteiger partial charge in [-0.15, -0.1) is 21.8 Å². The Labute approximate surface area is 83.5 Å². The third-order valence-corrected chi connectivity index (χ3v) is 2.81. The number of carbonyl (C=O) groups is 1. The highest BCUT2D eigenvalue weighted by molar-refractivity contribution is 7.19. The topological polar surface area (TPSA) is 72.1 Å². The van der Waals surface area contributed by atoms with Gasteiger partial charge >= 0.3 is 0 Å². The molecule has 70 valence electrons. The first-order valence-electron chi connectivity index (χ1n) is 3.70. The Bertz CT molecular complexity index is 341. The zero-order chi connectivity index (χ0) is 9.42. The Morgan fingerprint density at radius 3 is 2.85 bits per heavy atom. The summed E-state index contributed by atoms with van der Waals surface area (Å²) >= 11 is 7.01. The van der Waals surface area contributed by atoms with Crippen LogP contribution in [-0.4, -0.2) is 28.0 Å². The van der Waals surface area contributed by atoms with Gasteiger partial charge in [-0.3, -0.25) is 9.69 Å². The van der Waals surface area contributed by atoms with Crippen molar-refractivity contribution in [2.75, 3.05) is 17.2 Å². The quantitative estimate of drug-likeness (QED) is 0.696. The molecule has 0 saturated carbocycles. The lowest BCUT2D eigenvalue weighted by atomic mass is 10.4. The maximum absolute atomic E-state index is 11.3. The fraction of sp³-hybridized carbons (Fsp3) is 0.500. The Hall–Kier alpha value is -0.880. The van der Waals surface area contributed by atoms with E-state index in [9.17, 15) is 4.79 Å². The van der Waals surface area contributed by atoms with Gasteiger partial charge < -0.3 is 5.73 Å². The summed E-state index contributed by atoms with van der Waals surface area (Å²) in [6, 6.07) is 0. The van der Waals surface area contributed by atoms with Crippen LogP contribution in [0.3, 0.4) is 0 Å². The number of hydrogen-bond acceptors (Lipinski definition) is 5. The SMILES string of the molecule is Nc1nnc(N2CC(Cl)CC2=O)s1. The van der Waals surface area contributed by atoms with Crippen molar-refractivity contribution >= 4 is 39.1 Å². The van der Waals surface area contributed by atoms with Crippen molar-refractivity contribution in [3.63, 3.8) is 0 Å². The van der Waals surface area contributed by atoms with Crippen molar-refractivity contribution in [2.45, 2.75) is 11.8 Å². The molecular weight excluding hydrogens is 212 g/mol. The fourth-order valence-corrected chi connectivity index (χ4v) is 2.09. The Balaban J connectivity index is 2.22. The number of nitrogens with zero attached hydrogens (tertiary/aromatic N) is 3. The predicted octanol–water partition coefficient (Wildman–Crippen LogP) is 0.464. The van der Waals surface area contributed by atoms with Crippen LogP contribution >= 0.6 is 22.9 Å². The van der Waals surface area contributed by atoms with Crippen LogP contribution in [0.2, 0.25) is 0 Å². The first kappa shape index (κ1) is 8.71. The maximum Gasteiger partial charge on any atom is 0.230 e. The van der Waals surface area contributed by atoms with Crippen molar-refractivity contribution in [3.8, 4) is 0 Å². The number of amides is 1. The number of anilines is 2. The third kappa shape index (κ3) is 1.59. The minimum absolute atomic E-state index is 0.0175. The van der Waals surface area contributed by atoms with E-state index in [2.05, 4.69) is 10.2 Å². The zero-order valence-electron chi connectivity index (χ0n) is 6.61. The largest absolute Gasteiger partial charge is 0.374 e. The van der Waals surface area contributed by atoms with E-state index in [0.717, 1.165) is 0 Å². The highest BCUT2D eigenvalue weighted by atomic mass is 35.5. The summed E-state index contributed by atoms with van der Waals surface area (Å²) in [5, 5.41) is 8.17. The molecule has 1 fully saturated rings. The van der Waals surface area contributed by atoms with Crippen molar-refractivity contribution in [2.24, 2.45) is 0 Å². The number of carbonyl (C=O) groups excluding carboxylic acids is 1. The van der Waals surface area contributed by atoms with Crippen LogP contribution in [0.5, 0.6) is 0 Å².